The highest BCUT2D eigenvalue weighted by Gasteiger charge is 2.34. The van der Waals surface area contributed by atoms with Gasteiger partial charge in [0.05, 0.1) is 12.9 Å². The van der Waals surface area contributed by atoms with Crippen LogP contribution in [-0.2, 0) is 23.6 Å². The van der Waals surface area contributed by atoms with E-state index in [0.29, 0.717) is 11.3 Å². The van der Waals surface area contributed by atoms with E-state index in [2.05, 4.69) is 20.0 Å². The molecule has 1 aliphatic heterocycles. The lowest BCUT2D eigenvalue weighted by molar-refractivity contribution is -0.141. The molecule has 0 radical (unpaired) electrons. The van der Waals surface area contributed by atoms with Crippen LogP contribution in [0.3, 0.4) is 0 Å². The molecule has 3 heterocycles. The lowest BCUT2D eigenvalue weighted by Crippen LogP contribution is -2.27. The Hall–Kier alpha value is -3.38. The molecule has 0 amide bonds. The van der Waals surface area contributed by atoms with Crippen LogP contribution in [0.25, 0.3) is 11.2 Å². The Morgan fingerprint density at radius 1 is 1.29 bits per heavy atom. The van der Waals surface area contributed by atoms with Crippen LogP contribution >= 0.6 is 7.52 Å². The van der Waals surface area contributed by atoms with E-state index < -0.39 is 38.2 Å². The molecule has 0 bridgehead atoms. The van der Waals surface area contributed by atoms with Gasteiger partial charge in [-0.3, -0.25) is 13.9 Å². The fraction of sp³-hybridized carbons (Fsp3) is 0.300. The third-order valence-electron chi connectivity index (χ3n) is 4.61. The van der Waals surface area contributed by atoms with Gasteiger partial charge in [-0.2, -0.15) is 0 Å². The summed E-state index contributed by atoms with van der Waals surface area (Å²) >= 11 is 0. The van der Waals surface area contributed by atoms with Gasteiger partial charge < -0.3 is 24.5 Å². The molecule has 0 saturated carbocycles. The third-order valence-corrected chi connectivity index (χ3v) is 6.24. The van der Waals surface area contributed by atoms with E-state index in [-0.39, 0.29) is 24.6 Å². The van der Waals surface area contributed by atoms with Gasteiger partial charge in [-0.05, 0) is 19.1 Å². The minimum absolute atomic E-state index is 0.144. The number of hydrogen-bond acceptors (Lipinski definition) is 10. The third kappa shape index (κ3) is 5.39. The lowest BCUT2D eigenvalue weighted by atomic mass is 10.3. The molecule has 0 unspecified atom stereocenters. The summed E-state index contributed by atoms with van der Waals surface area (Å²) in [5, 5.41) is 2.55. The van der Waals surface area contributed by atoms with Crippen LogP contribution < -0.4 is 15.3 Å². The van der Waals surface area contributed by atoms with Crippen molar-refractivity contribution >= 4 is 30.5 Å². The van der Waals surface area contributed by atoms with Gasteiger partial charge in [0.1, 0.15) is 24.1 Å². The molecule has 2 aromatic heterocycles. The van der Waals surface area contributed by atoms with Crippen molar-refractivity contribution in [3.63, 3.8) is 0 Å². The monoisotopic (exact) mass is 492 g/mol. The SMILES string of the molecule is CCOC(=O)CN[P@](=O)(CO[C@@H]1C=C(F)[C@H](n2cnc3c(N)ncnc32)O1)Oc1ccccc1. The van der Waals surface area contributed by atoms with Crippen molar-refractivity contribution in [2.75, 3.05) is 25.2 Å². The summed E-state index contributed by atoms with van der Waals surface area (Å²) in [6.07, 6.45) is 0.694. The van der Waals surface area contributed by atoms with Crippen molar-refractivity contribution in [1.82, 2.24) is 24.6 Å². The second kappa shape index (κ2) is 10.3. The fourth-order valence-electron chi connectivity index (χ4n) is 3.10. The number of esters is 1. The maximum Gasteiger partial charge on any atom is 0.342 e. The quantitative estimate of drug-likeness (QED) is 0.317. The number of ether oxygens (including phenoxy) is 3. The molecule has 3 N–H and O–H groups in total. The van der Waals surface area contributed by atoms with Crippen molar-refractivity contribution < 1.29 is 32.5 Å². The molecule has 4 rings (SSSR count). The summed E-state index contributed by atoms with van der Waals surface area (Å²) in [5.41, 5.74) is 6.34. The van der Waals surface area contributed by atoms with Crippen molar-refractivity contribution in [2.45, 2.75) is 19.4 Å². The number of nitrogen functional groups attached to an aromatic ring is 1. The molecule has 3 aromatic rings. The van der Waals surface area contributed by atoms with Gasteiger partial charge in [0, 0.05) is 6.08 Å². The Balaban J connectivity index is 1.45. The highest BCUT2D eigenvalue weighted by Crippen LogP contribution is 2.44. The van der Waals surface area contributed by atoms with Crippen LogP contribution in [0.2, 0.25) is 0 Å². The molecule has 1 aliphatic rings. The minimum Gasteiger partial charge on any atom is -0.465 e. The number of nitrogens with zero attached hydrogens (tertiary/aromatic N) is 4. The number of imidazole rings is 1. The van der Waals surface area contributed by atoms with E-state index in [1.807, 2.05) is 0 Å². The van der Waals surface area contributed by atoms with Crippen molar-refractivity contribution in [2.24, 2.45) is 0 Å². The van der Waals surface area contributed by atoms with E-state index >= 15 is 0 Å². The van der Waals surface area contributed by atoms with Crippen LogP contribution in [0.1, 0.15) is 13.2 Å². The normalized spacial score (nSPS) is 19.5. The first-order valence-electron chi connectivity index (χ1n) is 10.2. The van der Waals surface area contributed by atoms with Gasteiger partial charge in [-0.15, -0.1) is 0 Å². The van der Waals surface area contributed by atoms with Crippen molar-refractivity contribution in [3.8, 4) is 5.75 Å². The Kier molecular flexibility index (Phi) is 7.17. The molecular weight excluding hydrogens is 470 g/mol. The zero-order valence-corrected chi connectivity index (χ0v) is 18.9. The summed E-state index contributed by atoms with van der Waals surface area (Å²) in [6, 6.07) is 8.34. The van der Waals surface area contributed by atoms with Gasteiger partial charge >= 0.3 is 13.5 Å². The van der Waals surface area contributed by atoms with Crippen LogP contribution in [0, 0.1) is 0 Å². The van der Waals surface area contributed by atoms with E-state index in [0.717, 1.165) is 6.08 Å². The smallest absolute Gasteiger partial charge is 0.342 e. The summed E-state index contributed by atoms with van der Waals surface area (Å²) in [7, 11) is -3.78. The number of halogens is 1. The number of fused-ring (bicyclic) bond motifs is 1. The van der Waals surface area contributed by atoms with Crippen LogP contribution in [-0.4, -0.2) is 51.3 Å². The van der Waals surface area contributed by atoms with Crippen molar-refractivity contribution in [1.29, 1.82) is 0 Å². The van der Waals surface area contributed by atoms with Crippen LogP contribution in [0.4, 0.5) is 10.2 Å². The molecule has 0 aliphatic carbocycles. The summed E-state index contributed by atoms with van der Waals surface area (Å²) in [6.45, 7) is 1.45. The zero-order valence-electron chi connectivity index (χ0n) is 18.0. The number of rotatable bonds is 10. The topological polar surface area (TPSA) is 153 Å². The molecule has 34 heavy (non-hydrogen) atoms. The van der Waals surface area contributed by atoms with Gasteiger partial charge in [0.2, 0.25) is 0 Å². The maximum atomic E-state index is 14.7. The second-order valence-corrected chi connectivity index (χ2v) is 9.11. The number of carbonyl (C=O) groups is 1. The highest BCUT2D eigenvalue weighted by molar-refractivity contribution is 7.57. The first-order valence-corrected chi connectivity index (χ1v) is 12.0. The molecule has 3 atom stereocenters. The minimum atomic E-state index is -3.78. The number of benzene rings is 1. The largest absolute Gasteiger partial charge is 0.465 e. The van der Waals surface area contributed by atoms with Gasteiger partial charge in [0.25, 0.3) is 0 Å². The van der Waals surface area contributed by atoms with E-state index in [1.165, 1.54) is 17.2 Å². The first-order chi connectivity index (χ1) is 16.4. The number of hydrogen-bond donors (Lipinski definition) is 2. The molecular formula is C20H22FN6O6P. The molecule has 0 spiro atoms. The molecule has 1 aromatic carbocycles. The molecule has 180 valence electrons. The van der Waals surface area contributed by atoms with Gasteiger partial charge in [0.15, 0.2) is 36.2 Å². The Morgan fingerprint density at radius 2 is 2.09 bits per heavy atom. The fourth-order valence-corrected chi connectivity index (χ4v) is 4.48. The summed E-state index contributed by atoms with van der Waals surface area (Å²) < 4.78 is 51.0. The Labute approximate surface area is 193 Å². The highest BCUT2D eigenvalue weighted by atomic mass is 31.2. The lowest BCUT2D eigenvalue weighted by Gasteiger charge is -2.22. The van der Waals surface area contributed by atoms with Crippen molar-refractivity contribution in [3.05, 3.63) is 54.9 Å². The number of para-hydroxylation sites is 1. The predicted molar refractivity (Wildman–Crippen MR) is 118 cm³/mol. The number of aromatic nitrogens is 4. The summed E-state index contributed by atoms with van der Waals surface area (Å²) in [4.78, 5) is 23.7. The average Bonchev–Trinajstić information content (AvgIpc) is 3.41. The Bertz CT molecular complexity index is 1240. The number of carbonyl (C=O) groups excluding carboxylic acids is 1. The van der Waals surface area contributed by atoms with Gasteiger partial charge in [-0.25, -0.2) is 24.4 Å². The van der Waals surface area contributed by atoms with E-state index in [9.17, 15) is 13.8 Å². The molecule has 14 heteroatoms. The van der Waals surface area contributed by atoms with E-state index in [1.54, 1.807) is 37.3 Å². The van der Waals surface area contributed by atoms with Gasteiger partial charge in [-0.1, -0.05) is 18.2 Å². The van der Waals surface area contributed by atoms with E-state index in [4.69, 9.17) is 24.5 Å². The standard InChI is InChI=1S/C20H22FN6O6P/c1-2-30-15(28)9-26-34(29,33-13-6-4-3-5-7-13)12-31-16-8-14(21)20(32-16)27-11-25-17-18(22)23-10-24-19(17)27/h3-8,10-11,16,20H,2,9,12H2,1H3,(H,26,29)(H2,22,23,24)/t16-,20+,34-/m0/s1. The van der Waals surface area contributed by atoms with Crippen LogP contribution in [0.15, 0.2) is 54.9 Å². The average molecular weight is 492 g/mol. The van der Waals surface area contributed by atoms with Crippen LogP contribution in [0.5, 0.6) is 5.75 Å². The Morgan fingerprint density at radius 3 is 2.85 bits per heavy atom. The molecule has 0 saturated heterocycles. The zero-order chi connectivity index (χ0) is 24.1. The number of nitrogens with two attached hydrogens (primary N) is 1. The number of anilines is 1. The summed E-state index contributed by atoms with van der Waals surface area (Å²) in [5.74, 6) is -0.846. The molecule has 0 fully saturated rings. The maximum absolute atomic E-state index is 14.7. The molecule has 12 nitrogen and oxygen atoms in total. The number of nitrogens with one attached hydrogen (secondary N) is 1. The predicted octanol–water partition coefficient (Wildman–Crippen LogP) is 2.52. The first kappa shape index (κ1) is 23.8. The second-order valence-electron chi connectivity index (χ2n) is 7.00.